The van der Waals surface area contributed by atoms with Gasteiger partial charge in [0.05, 0.1) is 0 Å². The molecule has 18 heavy (non-hydrogen) atoms. The molecular formula is C14H28N4. The third kappa shape index (κ3) is 7.25. The number of hydrogen-bond donors (Lipinski definition) is 2. The summed E-state index contributed by atoms with van der Waals surface area (Å²) in [5, 5.41) is 6.36. The molecule has 0 fully saturated rings. The summed E-state index contributed by atoms with van der Waals surface area (Å²) in [6, 6.07) is 0.386. The van der Waals surface area contributed by atoms with E-state index in [1.54, 1.807) is 0 Å². The molecule has 0 radical (unpaired) electrons. The second kappa shape index (κ2) is 11.0. The van der Waals surface area contributed by atoms with Crippen LogP contribution in [0.25, 0.3) is 0 Å². The molecule has 4 nitrogen and oxygen atoms in total. The van der Waals surface area contributed by atoms with Gasteiger partial charge >= 0.3 is 0 Å². The molecule has 0 aromatic heterocycles. The first-order chi connectivity index (χ1) is 8.69. The van der Waals surface area contributed by atoms with Crippen molar-refractivity contribution in [2.75, 3.05) is 33.4 Å². The Hall–Kier alpha value is -1.13. The molecule has 2 N–H and O–H groups in total. The molecule has 0 aliphatic rings. The lowest BCUT2D eigenvalue weighted by Gasteiger charge is -2.27. The Balaban J connectivity index is 4.29. The van der Waals surface area contributed by atoms with Crippen molar-refractivity contribution in [3.63, 3.8) is 0 Å². The standard InChI is InChI=1S/C14H28N4/c1-6-14(18(7-2)11-10-15-4)9-8-13(3)17-12-16-5/h6,8,14-15,17H,1,5,7,9-12H2,2-4H3/b13-8+. The molecule has 1 unspecified atom stereocenters. The maximum atomic E-state index is 3.94. The molecule has 0 aromatic carbocycles. The van der Waals surface area contributed by atoms with Gasteiger partial charge in [-0.3, -0.25) is 9.89 Å². The van der Waals surface area contributed by atoms with Gasteiger partial charge in [0.25, 0.3) is 0 Å². The number of rotatable bonds is 11. The molecule has 1 atom stereocenters. The Morgan fingerprint density at radius 2 is 2.22 bits per heavy atom. The van der Waals surface area contributed by atoms with Crippen molar-refractivity contribution in [3.8, 4) is 0 Å². The van der Waals surface area contributed by atoms with E-state index in [0.29, 0.717) is 12.7 Å². The number of likely N-dealkylation sites (N-methyl/N-ethyl adjacent to an activating group) is 2. The fraction of sp³-hybridized carbons (Fsp3) is 0.643. The predicted molar refractivity (Wildman–Crippen MR) is 81.1 cm³/mol. The number of nitrogens with one attached hydrogen (secondary N) is 2. The summed E-state index contributed by atoms with van der Waals surface area (Å²) in [5.74, 6) is 0. The maximum absolute atomic E-state index is 3.94. The Morgan fingerprint density at radius 1 is 1.50 bits per heavy atom. The van der Waals surface area contributed by atoms with Crippen molar-refractivity contribution in [2.45, 2.75) is 26.3 Å². The molecule has 0 heterocycles. The molecule has 0 bridgehead atoms. The quantitative estimate of drug-likeness (QED) is 0.434. The zero-order chi connectivity index (χ0) is 13.8. The summed E-state index contributed by atoms with van der Waals surface area (Å²) in [5.41, 5.74) is 1.14. The van der Waals surface area contributed by atoms with Gasteiger partial charge in [0.1, 0.15) is 6.67 Å². The summed E-state index contributed by atoms with van der Waals surface area (Å²) in [4.78, 5) is 6.19. The van der Waals surface area contributed by atoms with E-state index in [9.17, 15) is 0 Å². The van der Waals surface area contributed by atoms with Crippen molar-refractivity contribution < 1.29 is 0 Å². The lowest BCUT2D eigenvalue weighted by Crippen LogP contribution is -2.38. The van der Waals surface area contributed by atoms with Gasteiger partial charge in [0, 0.05) is 24.8 Å². The zero-order valence-electron chi connectivity index (χ0n) is 12.1. The lowest BCUT2D eigenvalue weighted by atomic mass is 10.1. The second-order valence-corrected chi connectivity index (χ2v) is 4.22. The van der Waals surface area contributed by atoms with Crippen LogP contribution in [0.4, 0.5) is 0 Å². The van der Waals surface area contributed by atoms with Crippen molar-refractivity contribution in [3.05, 3.63) is 24.4 Å². The minimum Gasteiger partial charge on any atom is -0.370 e. The first-order valence-electron chi connectivity index (χ1n) is 6.53. The molecule has 0 aliphatic carbocycles. The van der Waals surface area contributed by atoms with Gasteiger partial charge in [-0.15, -0.1) is 6.58 Å². The number of nitrogens with zero attached hydrogens (tertiary/aromatic N) is 2. The minimum atomic E-state index is 0.386. The lowest BCUT2D eigenvalue weighted by molar-refractivity contribution is 0.244. The monoisotopic (exact) mass is 252 g/mol. The normalized spacial score (nSPS) is 13.4. The molecular weight excluding hydrogens is 224 g/mol. The first kappa shape index (κ1) is 16.9. The third-order valence-electron chi connectivity index (χ3n) is 2.93. The van der Waals surface area contributed by atoms with Crippen molar-refractivity contribution in [1.29, 1.82) is 0 Å². The predicted octanol–water partition coefficient (Wildman–Crippen LogP) is 1.62. The smallest absolute Gasteiger partial charge is 0.106 e. The molecule has 0 aromatic rings. The Bertz CT molecular complexity index is 261. The second-order valence-electron chi connectivity index (χ2n) is 4.22. The largest absolute Gasteiger partial charge is 0.370 e. The van der Waals surface area contributed by atoms with Crippen LogP contribution in [-0.2, 0) is 0 Å². The zero-order valence-corrected chi connectivity index (χ0v) is 12.1. The first-order valence-corrected chi connectivity index (χ1v) is 6.53. The molecule has 0 spiro atoms. The molecule has 4 heteroatoms. The average Bonchev–Trinajstić information content (AvgIpc) is 2.40. The van der Waals surface area contributed by atoms with E-state index in [1.165, 1.54) is 0 Å². The van der Waals surface area contributed by atoms with E-state index in [0.717, 1.165) is 31.8 Å². The van der Waals surface area contributed by atoms with Gasteiger partial charge in [-0.2, -0.15) is 0 Å². The van der Waals surface area contributed by atoms with Crippen LogP contribution in [0.1, 0.15) is 20.3 Å². The van der Waals surface area contributed by atoms with Crippen LogP contribution in [0.5, 0.6) is 0 Å². The molecule has 0 amide bonds. The topological polar surface area (TPSA) is 39.7 Å². The molecule has 0 aliphatic heterocycles. The molecule has 0 rings (SSSR count). The molecule has 0 saturated heterocycles. The Labute approximate surface area is 112 Å². The summed E-state index contributed by atoms with van der Waals surface area (Å²) >= 11 is 0. The molecule has 104 valence electrons. The highest BCUT2D eigenvalue weighted by Crippen LogP contribution is 2.07. The van der Waals surface area contributed by atoms with E-state index in [1.807, 2.05) is 13.1 Å². The van der Waals surface area contributed by atoms with Crippen molar-refractivity contribution in [1.82, 2.24) is 15.5 Å². The van der Waals surface area contributed by atoms with Gasteiger partial charge in [0.2, 0.25) is 0 Å². The van der Waals surface area contributed by atoms with Gasteiger partial charge in [-0.05, 0) is 33.7 Å². The molecule has 0 saturated carbocycles. The fourth-order valence-corrected chi connectivity index (χ4v) is 1.76. The van der Waals surface area contributed by atoms with E-state index < -0.39 is 0 Å². The summed E-state index contributed by atoms with van der Waals surface area (Å²) in [6.07, 6.45) is 5.19. The van der Waals surface area contributed by atoms with Crippen LogP contribution >= 0.6 is 0 Å². The summed E-state index contributed by atoms with van der Waals surface area (Å²) in [7, 11) is 1.98. The number of allylic oxidation sites excluding steroid dienone is 1. The van der Waals surface area contributed by atoms with Crippen LogP contribution < -0.4 is 10.6 Å². The van der Waals surface area contributed by atoms with E-state index in [2.05, 4.69) is 53.7 Å². The average molecular weight is 252 g/mol. The highest BCUT2D eigenvalue weighted by Gasteiger charge is 2.11. The Kier molecular flexibility index (Phi) is 10.3. The fourth-order valence-electron chi connectivity index (χ4n) is 1.76. The van der Waals surface area contributed by atoms with Crippen LogP contribution in [0, 0.1) is 0 Å². The minimum absolute atomic E-state index is 0.386. The van der Waals surface area contributed by atoms with Crippen LogP contribution in [0.2, 0.25) is 0 Å². The van der Waals surface area contributed by atoms with Gasteiger partial charge < -0.3 is 10.6 Å². The van der Waals surface area contributed by atoms with Crippen molar-refractivity contribution >= 4 is 6.72 Å². The van der Waals surface area contributed by atoms with Crippen molar-refractivity contribution in [2.24, 2.45) is 4.99 Å². The van der Waals surface area contributed by atoms with E-state index >= 15 is 0 Å². The van der Waals surface area contributed by atoms with E-state index in [4.69, 9.17) is 0 Å². The number of aliphatic imine (C=N–C) groups is 1. The van der Waals surface area contributed by atoms with Gasteiger partial charge in [0.15, 0.2) is 0 Å². The summed E-state index contributed by atoms with van der Waals surface area (Å²) < 4.78 is 0. The van der Waals surface area contributed by atoms with Gasteiger partial charge in [-0.1, -0.05) is 19.1 Å². The maximum Gasteiger partial charge on any atom is 0.106 e. The van der Waals surface area contributed by atoms with Gasteiger partial charge in [-0.25, -0.2) is 0 Å². The van der Waals surface area contributed by atoms with Crippen LogP contribution in [-0.4, -0.2) is 51.0 Å². The summed E-state index contributed by atoms with van der Waals surface area (Å²) in [6.45, 7) is 15.3. The highest BCUT2D eigenvalue weighted by atomic mass is 15.2. The van der Waals surface area contributed by atoms with E-state index in [-0.39, 0.29) is 0 Å². The highest BCUT2D eigenvalue weighted by molar-refractivity contribution is 5.23. The van der Waals surface area contributed by atoms with Crippen LogP contribution in [0.3, 0.4) is 0 Å². The Morgan fingerprint density at radius 3 is 2.72 bits per heavy atom. The SMILES string of the molecule is C=CC(C/C=C(\C)NCN=C)N(CC)CCNC. The third-order valence-corrected chi connectivity index (χ3v) is 2.93. The number of hydrogen-bond acceptors (Lipinski definition) is 4. The van der Waals surface area contributed by atoms with Crippen LogP contribution in [0.15, 0.2) is 29.4 Å².